The van der Waals surface area contributed by atoms with Gasteiger partial charge < -0.3 is 10.2 Å². The van der Waals surface area contributed by atoms with Crippen LogP contribution in [0.3, 0.4) is 0 Å². The summed E-state index contributed by atoms with van der Waals surface area (Å²) in [6.07, 6.45) is -4.21. The number of alkyl halides is 3. The zero-order valence-electron chi connectivity index (χ0n) is 8.79. The van der Waals surface area contributed by atoms with Crippen LogP contribution in [0.4, 0.5) is 13.2 Å². The van der Waals surface area contributed by atoms with E-state index in [4.69, 9.17) is 10.2 Å². The quantitative estimate of drug-likeness (QED) is 0.861. The van der Waals surface area contributed by atoms with E-state index in [1.807, 2.05) is 0 Å². The van der Waals surface area contributed by atoms with Gasteiger partial charge in [0.05, 0.1) is 5.56 Å². The number of aliphatic carboxylic acids is 1. The number of hydrogen-bond acceptors (Lipinski definition) is 2. The molecule has 2 N–H and O–H groups in total. The largest absolute Gasteiger partial charge is 0.507 e. The molecule has 0 fully saturated rings. The molecular weight excluding hydrogens is 237 g/mol. The molecule has 0 heterocycles. The van der Waals surface area contributed by atoms with Crippen molar-refractivity contribution in [2.24, 2.45) is 0 Å². The van der Waals surface area contributed by atoms with Crippen molar-refractivity contribution in [2.45, 2.75) is 25.4 Å². The molecule has 94 valence electrons. The van der Waals surface area contributed by atoms with E-state index in [0.717, 1.165) is 12.1 Å². The Hall–Kier alpha value is -1.72. The van der Waals surface area contributed by atoms with Crippen molar-refractivity contribution in [3.8, 4) is 5.75 Å². The van der Waals surface area contributed by atoms with Crippen molar-refractivity contribution in [1.29, 1.82) is 0 Å². The molecule has 3 nitrogen and oxygen atoms in total. The Morgan fingerprint density at radius 1 is 1.29 bits per heavy atom. The number of hydrogen-bond donors (Lipinski definition) is 2. The maximum Gasteiger partial charge on any atom is 0.419 e. The van der Waals surface area contributed by atoms with Crippen LogP contribution in [0.15, 0.2) is 18.2 Å². The van der Waals surface area contributed by atoms with Crippen LogP contribution in [-0.4, -0.2) is 16.2 Å². The normalized spacial score (nSPS) is 11.5. The molecule has 0 aromatic heterocycles. The fourth-order valence-corrected chi connectivity index (χ4v) is 1.41. The standard InChI is InChI=1S/C11H11F3O3/c12-11(13,14)8-6-7(4-5-9(8)15)2-1-3-10(16)17/h4-6,15H,1-3H2,(H,16,17). The fraction of sp³-hybridized carbons (Fsp3) is 0.364. The SMILES string of the molecule is O=C(O)CCCc1ccc(O)c(C(F)(F)F)c1. The average Bonchev–Trinajstić information content (AvgIpc) is 2.18. The first-order chi connectivity index (χ1) is 7.80. The topological polar surface area (TPSA) is 57.5 Å². The number of rotatable bonds is 4. The Morgan fingerprint density at radius 3 is 2.47 bits per heavy atom. The van der Waals surface area contributed by atoms with Gasteiger partial charge in [-0.3, -0.25) is 4.79 Å². The van der Waals surface area contributed by atoms with E-state index < -0.39 is 23.5 Å². The average molecular weight is 248 g/mol. The summed E-state index contributed by atoms with van der Waals surface area (Å²) in [4.78, 5) is 10.2. The van der Waals surface area contributed by atoms with Crippen LogP contribution in [0, 0.1) is 0 Å². The molecule has 6 heteroatoms. The van der Waals surface area contributed by atoms with Gasteiger partial charge in [-0.15, -0.1) is 0 Å². The third-order valence-corrected chi connectivity index (χ3v) is 2.22. The lowest BCUT2D eigenvalue weighted by Crippen LogP contribution is -2.06. The highest BCUT2D eigenvalue weighted by molar-refractivity contribution is 5.66. The van der Waals surface area contributed by atoms with Crippen LogP contribution in [0.1, 0.15) is 24.0 Å². The van der Waals surface area contributed by atoms with E-state index in [-0.39, 0.29) is 19.3 Å². The fourth-order valence-electron chi connectivity index (χ4n) is 1.41. The van der Waals surface area contributed by atoms with Gasteiger partial charge in [0, 0.05) is 6.42 Å². The molecule has 1 rings (SSSR count). The zero-order chi connectivity index (χ0) is 13.1. The van der Waals surface area contributed by atoms with Crippen molar-refractivity contribution in [3.05, 3.63) is 29.3 Å². The van der Waals surface area contributed by atoms with Crippen LogP contribution >= 0.6 is 0 Å². The summed E-state index contributed by atoms with van der Waals surface area (Å²) in [6.45, 7) is 0. The molecule has 0 saturated heterocycles. The Labute approximate surface area is 95.5 Å². The lowest BCUT2D eigenvalue weighted by atomic mass is 10.0. The number of halogens is 3. The summed E-state index contributed by atoms with van der Waals surface area (Å²) in [7, 11) is 0. The number of carbonyl (C=O) groups is 1. The number of aryl methyl sites for hydroxylation is 1. The lowest BCUT2D eigenvalue weighted by molar-refractivity contribution is -0.139. The molecule has 0 bridgehead atoms. The summed E-state index contributed by atoms with van der Waals surface area (Å²) < 4.78 is 37.3. The summed E-state index contributed by atoms with van der Waals surface area (Å²) in [5, 5.41) is 17.5. The highest BCUT2D eigenvalue weighted by Gasteiger charge is 2.33. The van der Waals surface area contributed by atoms with Gasteiger partial charge in [0.15, 0.2) is 0 Å². The van der Waals surface area contributed by atoms with E-state index in [9.17, 15) is 18.0 Å². The monoisotopic (exact) mass is 248 g/mol. The zero-order valence-corrected chi connectivity index (χ0v) is 8.79. The highest BCUT2D eigenvalue weighted by atomic mass is 19.4. The van der Waals surface area contributed by atoms with E-state index in [1.54, 1.807) is 0 Å². The van der Waals surface area contributed by atoms with Gasteiger partial charge in [-0.25, -0.2) is 0 Å². The van der Waals surface area contributed by atoms with Crippen LogP contribution in [0.25, 0.3) is 0 Å². The molecule has 0 aliphatic rings. The van der Waals surface area contributed by atoms with Crippen molar-refractivity contribution < 1.29 is 28.2 Å². The third-order valence-electron chi connectivity index (χ3n) is 2.22. The minimum Gasteiger partial charge on any atom is -0.507 e. The molecule has 0 radical (unpaired) electrons. The Kier molecular flexibility index (Phi) is 3.98. The molecule has 0 unspecified atom stereocenters. The first-order valence-corrected chi connectivity index (χ1v) is 4.91. The first-order valence-electron chi connectivity index (χ1n) is 4.91. The lowest BCUT2D eigenvalue weighted by Gasteiger charge is -2.10. The van der Waals surface area contributed by atoms with Gasteiger partial charge in [-0.1, -0.05) is 6.07 Å². The van der Waals surface area contributed by atoms with Crippen molar-refractivity contribution in [1.82, 2.24) is 0 Å². The summed E-state index contributed by atoms with van der Waals surface area (Å²) in [5.74, 6) is -1.81. The Balaban J connectivity index is 2.79. The summed E-state index contributed by atoms with van der Waals surface area (Å²) in [5.41, 5.74) is -0.735. The smallest absolute Gasteiger partial charge is 0.419 e. The molecular formula is C11H11F3O3. The number of phenolic OH excluding ortho intramolecular Hbond substituents is 1. The van der Waals surface area contributed by atoms with Crippen molar-refractivity contribution in [3.63, 3.8) is 0 Å². The highest BCUT2D eigenvalue weighted by Crippen LogP contribution is 2.36. The number of aromatic hydroxyl groups is 1. The second-order valence-electron chi connectivity index (χ2n) is 3.60. The van der Waals surface area contributed by atoms with Gasteiger partial charge in [-0.2, -0.15) is 13.2 Å². The second-order valence-corrected chi connectivity index (χ2v) is 3.60. The molecule has 0 saturated carbocycles. The van der Waals surface area contributed by atoms with E-state index in [2.05, 4.69) is 0 Å². The molecule has 1 aromatic rings. The van der Waals surface area contributed by atoms with Gasteiger partial charge >= 0.3 is 12.1 Å². The summed E-state index contributed by atoms with van der Waals surface area (Å²) in [6, 6.07) is 3.17. The minimum absolute atomic E-state index is 0.0950. The number of carboxylic acid groups (broad SMARTS) is 1. The molecule has 0 aliphatic carbocycles. The molecule has 17 heavy (non-hydrogen) atoms. The van der Waals surface area contributed by atoms with Gasteiger partial charge in [0.25, 0.3) is 0 Å². The maximum absolute atomic E-state index is 12.4. The Bertz CT molecular complexity index is 413. The minimum atomic E-state index is -4.60. The number of phenols is 1. The van der Waals surface area contributed by atoms with E-state index in [1.165, 1.54) is 6.07 Å². The van der Waals surface area contributed by atoms with Crippen LogP contribution in [-0.2, 0) is 17.4 Å². The predicted molar refractivity (Wildman–Crippen MR) is 53.7 cm³/mol. The molecule has 0 spiro atoms. The van der Waals surface area contributed by atoms with Crippen LogP contribution in [0.5, 0.6) is 5.75 Å². The predicted octanol–water partition coefficient (Wildman–Crippen LogP) is 2.82. The van der Waals surface area contributed by atoms with Gasteiger partial charge in [-0.05, 0) is 30.5 Å². The number of carboxylic acids is 1. The third kappa shape index (κ3) is 3.97. The molecule has 0 aliphatic heterocycles. The van der Waals surface area contributed by atoms with Crippen LogP contribution < -0.4 is 0 Å². The van der Waals surface area contributed by atoms with Crippen molar-refractivity contribution in [2.75, 3.05) is 0 Å². The van der Waals surface area contributed by atoms with Gasteiger partial charge in [0.2, 0.25) is 0 Å². The first kappa shape index (κ1) is 13.3. The molecule has 0 amide bonds. The number of benzene rings is 1. The molecule has 0 atom stereocenters. The second kappa shape index (κ2) is 5.07. The van der Waals surface area contributed by atoms with Gasteiger partial charge in [0.1, 0.15) is 5.75 Å². The van der Waals surface area contributed by atoms with E-state index >= 15 is 0 Å². The summed E-state index contributed by atoms with van der Waals surface area (Å²) >= 11 is 0. The maximum atomic E-state index is 12.4. The Morgan fingerprint density at radius 2 is 1.94 bits per heavy atom. The van der Waals surface area contributed by atoms with Crippen LogP contribution in [0.2, 0.25) is 0 Å². The van der Waals surface area contributed by atoms with Crippen molar-refractivity contribution >= 4 is 5.97 Å². The molecule has 1 aromatic carbocycles. The van der Waals surface area contributed by atoms with E-state index in [0.29, 0.717) is 5.56 Å².